The largest absolute Gasteiger partial charge is 0.496 e. The highest BCUT2D eigenvalue weighted by Gasteiger charge is 2.12. The summed E-state index contributed by atoms with van der Waals surface area (Å²) in [7, 11) is -2.17. The van der Waals surface area contributed by atoms with Crippen LogP contribution in [0.1, 0.15) is 0 Å². The number of hydrogen-bond acceptors (Lipinski definition) is 3. The zero-order valence-corrected chi connectivity index (χ0v) is 10.6. The molecule has 0 bridgehead atoms. The Morgan fingerprint density at radius 1 is 1.06 bits per heavy atom. The first-order valence-electron chi connectivity index (χ1n) is 5.28. The van der Waals surface area contributed by atoms with Crippen LogP contribution in [-0.2, 0) is 10.0 Å². The highest BCUT2D eigenvalue weighted by molar-refractivity contribution is 7.89. The van der Waals surface area contributed by atoms with Crippen LogP contribution in [0.5, 0.6) is 5.75 Å². The fourth-order valence-electron chi connectivity index (χ4n) is 1.71. The summed E-state index contributed by atoms with van der Waals surface area (Å²) in [6, 6.07) is 13.9. The third kappa shape index (κ3) is 2.52. The summed E-state index contributed by atoms with van der Waals surface area (Å²) in [6.07, 6.45) is 0. The Hall–Kier alpha value is -1.85. The molecule has 0 aliphatic carbocycles. The molecule has 18 heavy (non-hydrogen) atoms. The summed E-state index contributed by atoms with van der Waals surface area (Å²) in [6.45, 7) is 0. The Morgan fingerprint density at radius 3 is 2.28 bits per heavy atom. The molecule has 0 aromatic heterocycles. The minimum Gasteiger partial charge on any atom is -0.496 e. The Kier molecular flexibility index (Phi) is 3.36. The third-order valence-corrected chi connectivity index (χ3v) is 3.50. The van der Waals surface area contributed by atoms with Crippen molar-refractivity contribution in [2.24, 2.45) is 5.14 Å². The lowest BCUT2D eigenvalue weighted by Crippen LogP contribution is -2.12. The van der Waals surface area contributed by atoms with Crippen molar-refractivity contribution in [3.8, 4) is 16.9 Å². The second kappa shape index (κ2) is 4.80. The first kappa shape index (κ1) is 12.6. The van der Waals surface area contributed by atoms with E-state index in [1.165, 1.54) is 12.1 Å². The van der Waals surface area contributed by atoms with E-state index in [0.29, 0.717) is 11.3 Å². The molecular weight excluding hydrogens is 250 g/mol. The average molecular weight is 263 g/mol. The third-order valence-electron chi connectivity index (χ3n) is 2.58. The minimum absolute atomic E-state index is 0.0714. The maximum atomic E-state index is 11.4. The number of nitrogens with two attached hydrogens (primary N) is 1. The van der Waals surface area contributed by atoms with E-state index in [-0.39, 0.29) is 4.90 Å². The summed E-state index contributed by atoms with van der Waals surface area (Å²) in [5, 5.41) is 5.13. The molecule has 0 amide bonds. The van der Waals surface area contributed by atoms with Gasteiger partial charge in [-0.2, -0.15) is 0 Å². The van der Waals surface area contributed by atoms with E-state index in [1.54, 1.807) is 13.2 Å². The average Bonchev–Trinajstić information content (AvgIpc) is 2.38. The van der Waals surface area contributed by atoms with Crippen molar-refractivity contribution in [2.45, 2.75) is 4.90 Å². The lowest BCUT2D eigenvalue weighted by Gasteiger charge is -2.10. The van der Waals surface area contributed by atoms with Crippen LogP contribution in [0.3, 0.4) is 0 Å². The van der Waals surface area contributed by atoms with Crippen LogP contribution in [0.4, 0.5) is 0 Å². The fraction of sp³-hybridized carbons (Fsp3) is 0.0769. The van der Waals surface area contributed by atoms with E-state index in [0.717, 1.165) is 5.56 Å². The van der Waals surface area contributed by atoms with Gasteiger partial charge in [0.25, 0.3) is 0 Å². The van der Waals surface area contributed by atoms with E-state index in [4.69, 9.17) is 9.88 Å². The number of benzene rings is 2. The molecule has 2 aromatic rings. The van der Waals surface area contributed by atoms with Crippen molar-refractivity contribution in [3.63, 3.8) is 0 Å². The van der Waals surface area contributed by atoms with Crippen molar-refractivity contribution in [3.05, 3.63) is 48.5 Å². The topological polar surface area (TPSA) is 69.4 Å². The lowest BCUT2D eigenvalue weighted by atomic mass is 10.1. The van der Waals surface area contributed by atoms with Crippen molar-refractivity contribution < 1.29 is 13.2 Å². The molecule has 94 valence electrons. The Morgan fingerprint density at radius 2 is 1.72 bits per heavy atom. The van der Waals surface area contributed by atoms with Gasteiger partial charge in [0.1, 0.15) is 5.75 Å². The molecule has 2 N–H and O–H groups in total. The van der Waals surface area contributed by atoms with Gasteiger partial charge in [-0.15, -0.1) is 0 Å². The highest BCUT2D eigenvalue weighted by atomic mass is 32.2. The van der Waals surface area contributed by atoms with Crippen LogP contribution in [-0.4, -0.2) is 15.5 Å². The predicted octanol–water partition coefficient (Wildman–Crippen LogP) is 2.01. The zero-order valence-electron chi connectivity index (χ0n) is 9.83. The number of primary sulfonamides is 1. The van der Waals surface area contributed by atoms with Crippen molar-refractivity contribution in [2.75, 3.05) is 7.11 Å². The molecule has 0 aliphatic heterocycles. The normalized spacial score (nSPS) is 11.2. The van der Waals surface area contributed by atoms with E-state index in [2.05, 4.69) is 0 Å². The van der Waals surface area contributed by atoms with Gasteiger partial charge in [0.2, 0.25) is 10.0 Å². The first-order valence-corrected chi connectivity index (χ1v) is 6.83. The first-order chi connectivity index (χ1) is 8.52. The minimum atomic E-state index is -3.71. The number of methoxy groups -OCH3 is 1. The monoisotopic (exact) mass is 263 g/mol. The molecule has 0 atom stereocenters. The van der Waals surface area contributed by atoms with Crippen LogP contribution in [0.25, 0.3) is 11.1 Å². The quantitative estimate of drug-likeness (QED) is 0.921. The number of ether oxygens (including phenoxy) is 1. The van der Waals surface area contributed by atoms with Crippen molar-refractivity contribution >= 4 is 10.0 Å². The maximum absolute atomic E-state index is 11.4. The molecule has 0 heterocycles. The smallest absolute Gasteiger partial charge is 0.238 e. The summed E-state index contributed by atoms with van der Waals surface area (Å²) in [5.74, 6) is 0.605. The molecule has 2 aromatic carbocycles. The lowest BCUT2D eigenvalue weighted by molar-refractivity contribution is 0.416. The molecule has 5 heteroatoms. The maximum Gasteiger partial charge on any atom is 0.238 e. The van der Waals surface area contributed by atoms with Gasteiger partial charge >= 0.3 is 0 Å². The van der Waals surface area contributed by atoms with E-state index >= 15 is 0 Å². The molecule has 0 fully saturated rings. The number of hydrogen-bond donors (Lipinski definition) is 1. The molecule has 0 saturated heterocycles. The standard InChI is InChI=1S/C13H13NO3S/c1-17-13-8-7-11(18(14,15)16)9-12(13)10-5-3-2-4-6-10/h2-9H,1H3,(H2,14,15,16). The Bertz CT molecular complexity index is 651. The second-order valence-corrected chi connectivity index (χ2v) is 5.33. The van der Waals surface area contributed by atoms with Gasteiger partial charge in [-0.3, -0.25) is 0 Å². The second-order valence-electron chi connectivity index (χ2n) is 3.77. The molecular formula is C13H13NO3S. The van der Waals surface area contributed by atoms with Gasteiger partial charge in [-0.05, 0) is 23.8 Å². The van der Waals surface area contributed by atoms with Gasteiger partial charge in [0.05, 0.1) is 12.0 Å². The van der Waals surface area contributed by atoms with Gasteiger partial charge in [-0.25, -0.2) is 13.6 Å². The summed E-state index contributed by atoms with van der Waals surface area (Å²) in [4.78, 5) is 0.0714. The summed E-state index contributed by atoms with van der Waals surface area (Å²) in [5.41, 5.74) is 1.57. The van der Waals surface area contributed by atoms with Gasteiger partial charge in [0, 0.05) is 5.56 Å². The predicted molar refractivity (Wildman–Crippen MR) is 69.8 cm³/mol. The van der Waals surface area contributed by atoms with Gasteiger partial charge in [-0.1, -0.05) is 30.3 Å². The molecule has 0 radical (unpaired) electrons. The van der Waals surface area contributed by atoms with Crippen LogP contribution < -0.4 is 9.88 Å². The van der Waals surface area contributed by atoms with E-state index in [1.807, 2.05) is 30.3 Å². The molecule has 4 nitrogen and oxygen atoms in total. The zero-order chi connectivity index (χ0) is 13.2. The van der Waals surface area contributed by atoms with E-state index < -0.39 is 10.0 Å². The molecule has 0 aliphatic rings. The van der Waals surface area contributed by atoms with Gasteiger partial charge < -0.3 is 4.74 Å². The molecule has 2 rings (SSSR count). The molecule has 0 spiro atoms. The number of sulfonamides is 1. The van der Waals surface area contributed by atoms with Gasteiger partial charge in [0.15, 0.2) is 0 Å². The summed E-state index contributed by atoms with van der Waals surface area (Å²) >= 11 is 0. The van der Waals surface area contributed by atoms with Crippen molar-refractivity contribution in [1.29, 1.82) is 0 Å². The molecule has 0 unspecified atom stereocenters. The van der Waals surface area contributed by atoms with Crippen LogP contribution in [0.15, 0.2) is 53.4 Å². The van der Waals surface area contributed by atoms with Crippen molar-refractivity contribution in [1.82, 2.24) is 0 Å². The highest BCUT2D eigenvalue weighted by Crippen LogP contribution is 2.31. The molecule has 0 saturated carbocycles. The SMILES string of the molecule is COc1ccc(S(N)(=O)=O)cc1-c1ccccc1. The van der Waals surface area contributed by atoms with E-state index in [9.17, 15) is 8.42 Å². The van der Waals surface area contributed by atoms with Crippen LogP contribution in [0.2, 0.25) is 0 Å². The summed E-state index contributed by atoms with van der Waals surface area (Å²) < 4.78 is 27.9. The number of rotatable bonds is 3. The fourth-order valence-corrected chi connectivity index (χ4v) is 2.25. The Balaban J connectivity index is 2.64. The Labute approximate surface area is 106 Å². The van der Waals surface area contributed by atoms with Crippen LogP contribution >= 0.6 is 0 Å². The van der Waals surface area contributed by atoms with Crippen LogP contribution in [0, 0.1) is 0 Å².